The van der Waals surface area contributed by atoms with Gasteiger partial charge in [-0.05, 0) is 18.6 Å². The van der Waals surface area contributed by atoms with Gasteiger partial charge >= 0.3 is 0 Å². The predicted molar refractivity (Wildman–Crippen MR) is 67.7 cm³/mol. The SMILES string of the molecule is Cc1cccc(C(=O)NCC(C)C(N)=NO)c1O. The van der Waals surface area contributed by atoms with E-state index in [-0.39, 0.29) is 29.6 Å². The number of amidine groups is 1. The summed E-state index contributed by atoms with van der Waals surface area (Å²) in [7, 11) is 0. The van der Waals surface area contributed by atoms with E-state index in [0.29, 0.717) is 5.56 Å². The number of phenols is 1. The van der Waals surface area contributed by atoms with Gasteiger partial charge in [0.1, 0.15) is 11.6 Å². The van der Waals surface area contributed by atoms with Crippen LogP contribution in [0.5, 0.6) is 5.75 Å². The van der Waals surface area contributed by atoms with Crippen molar-refractivity contribution >= 4 is 11.7 Å². The zero-order valence-corrected chi connectivity index (χ0v) is 10.3. The highest BCUT2D eigenvalue weighted by atomic mass is 16.4. The van der Waals surface area contributed by atoms with Crippen molar-refractivity contribution in [2.45, 2.75) is 13.8 Å². The maximum atomic E-state index is 11.8. The molecule has 0 heterocycles. The van der Waals surface area contributed by atoms with Crippen molar-refractivity contribution in [1.82, 2.24) is 5.32 Å². The van der Waals surface area contributed by atoms with Gasteiger partial charge in [-0.15, -0.1) is 0 Å². The van der Waals surface area contributed by atoms with E-state index < -0.39 is 5.91 Å². The molecule has 1 aromatic rings. The summed E-state index contributed by atoms with van der Waals surface area (Å²) in [5.41, 5.74) is 6.24. The molecule has 5 N–H and O–H groups in total. The Kier molecular flexibility index (Phi) is 4.53. The number of amides is 1. The summed E-state index contributed by atoms with van der Waals surface area (Å²) < 4.78 is 0. The highest BCUT2D eigenvalue weighted by Crippen LogP contribution is 2.20. The molecule has 0 bridgehead atoms. The van der Waals surface area contributed by atoms with Gasteiger partial charge in [0.05, 0.1) is 5.56 Å². The molecule has 18 heavy (non-hydrogen) atoms. The summed E-state index contributed by atoms with van der Waals surface area (Å²) in [6.07, 6.45) is 0. The molecule has 0 spiro atoms. The number of nitrogens with zero attached hydrogens (tertiary/aromatic N) is 1. The molecular weight excluding hydrogens is 234 g/mol. The zero-order valence-electron chi connectivity index (χ0n) is 10.3. The van der Waals surface area contributed by atoms with Gasteiger partial charge in [-0.25, -0.2) is 0 Å². The first-order valence-electron chi connectivity index (χ1n) is 5.51. The summed E-state index contributed by atoms with van der Waals surface area (Å²) >= 11 is 0. The Morgan fingerprint density at radius 1 is 1.56 bits per heavy atom. The molecular formula is C12H17N3O3. The number of nitrogens with one attached hydrogen (secondary N) is 1. The molecule has 0 saturated carbocycles. The number of para-hydroxylation sites is 1. The molecule has 0 aliphatic heterocycles. The number of hydrogen-bond acceptors (Lipinski definition) is 4. The molecule has 0 aliphatic carbocycles. The third kappa shape index (κ3) is 3.13. The zero-order chi connectivity index (χ0) is 13.7. The Morgan fingerprint density at radius 2 is 2.22 bits per heavy atom. The van der Waals surface area contributed by atoms with E-state index in [1.807, 2.05) is 0 Å². The Bertz CT molecular complexity index is 472. The number of benzene rings is 1. The fraction of sp³-hybridized carbons (Fsp3) is 0.333. The first-order valence-corrected chi connectivity index (χ1v) is 5.51. The second-order valence-corrected chi connectivity index (χ2v) is 4.11. The van der Waals surface area contributed by atoms with Gasteiger partial charge in [-0.2, -0.15) is 0 Å². The van der Waals surface area contributed by atoms with E-state index in [0.717, 1.165) is 0 Å². The lowest BCUT2D eigenvalue weighted by molar-refractivity contribution is 0.0948. The molecule has 98 valence electrons. The third-order valence-corrected chi connectivity index (χ3v) is 2.67. The molecule has 0 fully saturated rings. The summed E-state index contributed by atoms with van der Waals surface area (Å²) in [6, 6.07) is 4.94. The first kappa shape index (κ1) is 13.8. The van der Waals surface area contributed by atoms with Crippen LogP contribution < -0.4 is 11.1 Å². The second kappa shape index (κ2) is 5.90. The van der Waals surface area contributed by atoms with Crippen LogP contribution in [-0.2, 0) is 0 Å². The molecule has 1 rings (SSSR count). The Labute approximate surface area is 105 Å². The number of hydrogen-bond donors (Lipinski definition) is 4. The van der Waals surface area contributed by atoms with Gasteiger partial charge in [0.15, 0.2) is 0 Å². The maximum Gasteiger partial charge on any atom is 0.255 e. The fourth-order valence-corrected chi connectivity index (χ4v) is 1.39. The highest BCUT2D eigenvalue weighted by molar-refractivity contribution is 5.97. The van der Waals surface area contributed by atoms with E-state index >= 15 is 0 Å². The maximum absolute atomic E-state index is 11.8. The fourth-order valence-electron chi connectivity index (χ4n) is 1.39. The van der Waals surface area contributed by atoms with E-state index in [9.17, 15) is 9.90 Å². The van der Waals surface area contributed by atoms with Crippen molar-refractivity contribution in [2.24, 2.45) is 16.8 Å². The average Bonchev–Trinajstić information content (AvgIpc) is 2.37. The smallest absolute Gasteiger partial charge is 0.255 e. The second-order valence-electron chi connectivity index (χ2n) is 4.11. The Balaban J connectivity index is 2.69. The molecule has 0 radical (unpaired) electrons. The van der Waals surface area contributed by atoms with Gasteiger partial charge in [-0.1, -0.05) is 24.2 Å². The minimum atomic E-state index is -0.395. The van der Waals surface area contributed by atoms with Gasteiger partial charge in [0, 0.05) is 12.5 Å². The summed E-state index contributed by atoms with van der Waals surface area (Å²) in [5.74, 6) is -0.671. The van der Waals surface area contributed by atoms with Crippen LogP contribution in [0.4, 0.5) is 0 Å². The Morgan fingerprint density at radius 3 is 2.83 bits per heavy atom. The Hall–Kier alpha value is -2.24. The lowest BCUT2D eigenvalue weighted by Gasteiger charge is -2.12. The summed E-state index contributed by atoms with van der Waals surface area (Å²) in [4.78, 5) is 11.8. The van der Waals surface area contributed by atoms with Crippen LogP contribution in [0.25, 0.3) is 0 Å². The molecule has 6 nitrogen and oxygen atoms in total. The molecule has 1 amide bonds. The number of nitrogens with two attached hydrogens (primary N) is 1. The van der Waals surface area contributed by atoms with Crippen molar-refractivity contribution in [1.29, 1.82) is 0 Å². The van der Waals surface area contributed by atoms with Crippen LogP contribution in [0.15, 0.2) is 23.4 Å². The van der Waals surface area contributed by atoms with Crippen LogP contribution in [0, 0.1) is 12.8 Å². The molecule has 0 aliphatic rings. The normalized spacial score (nSPS) is 13.1. The molecule has 6 heteroatoms. The van der Waals surface area contributed by atoms with Gasteiger partial charge in [-0.3, -0.25) is 4.79 Å². The summed E-state index contributed by atoms with van der Waals surface area (Å²) in [5, 5.41) is 23.7. The van der Waals surface area contributed by atoms with E-state index in [4.69, 9.17) is 10.9 Å². The number of oxime groups is 1. The minimum Gasteiger partial charge on any atom is -0.507 e. The number of carbonyl (C=O) groups is 1. The molecule has 1 atom stereocenters. The van der Waals surface area contributed by atoms with Crippen molar-refractivity contribution in [3.8, 4) is 5.75 Å². The molecule has 0 saturated heterocycles. The van der Waals surface area contributed by atoms with E-state index in [1.54, 1.807) is 26.0 Å². The molecule has 1 aromatic carbocycles. The minimum absolute atomic E-state index is 0.0357. The summed E-state index contributed by atoms with van der Waals surface area (Å²) in [6.45, 7) is 3.65. The number of aromatic hydroxyl groups is 1. The average molecular weight is 251 g/mol. The molecule has 0 aromatic heterocycles. The number of phenolic OH excluding ortho intramolecular Hbond substituents is 1. The van der Waals surface area contributed by atoms with Crippen molar-refractivity contribution < 1.29 is 15.1 Å². The van der Waals surface area contributed by atoms with Gasteiger partial charge in [0.2, 0.25) is 0 Å². The third-order valence-electron chi connectivity index (χ3n) is 2.67. The number of aryl methyl sites for hydroxylation is 1. The first-order chi connectivity index (χ1) is 8.47. The standard InChI is InChI=1S/C12H17N3O3/c1-7-4-3-5-9(10(7)16)12(17)14-6-8(2)11(13)15-18/h3-5,8,16,18H,6H2,1-2H3,(H2,13,15)(H,14,17). The van der Waals surface area contributed by atoms with Crippen LogP contribution in [-0.4, -0.2) is 28.6 Å². The largest absolute Gasteiger partial charge is 0.507 e. The van der Waals surface area contributed by atoms with E-state index in [2.05, 4.69) is 10.5 Å². The van der Waals surface area contributed by atoms with Crippen LogP contribution in [0.2, 0.25) is 0 Å². The predicted octanol–water partition coefficient (Wildman–Crippen LogP) is 0.813. The molecule has 1 unspecified atom stereocenters. The van der Waals surface area contributed by atoms with Crippen LogP contribution >= 0.6 is 0 Å². The van der Waals surface area contributed by atoms with Gasteiger partial charge in [0.25, 0.3) is 5.91 Å². The highest BCUT2D eigenvalue weighted by Gasteiger charge is 2.14. The van der Waals surface area contributed by atoms with Gasteiger partial charge < -0.3 is 21.4 Å². The lowest BCUT2D eigenvalue weighted by Crippen LogP contribution is -2.34. The van der Waals surface area contributed by atoms with Crippen molar-refractivity contribution in [3.63, 3.8) is 0 Å². The van der Waals surface area contributed by atoms with Crippen LogP contribution in [0.1, 0.15) is 22.8 Å². The van der Waals surface area contributed by atoms with Crippen LogP contribution in [0.3, 0.4) is 0 Å². The topological polar surface area (TPSA) is 108 Å². The van der Waals surface area contributed by atoms with E-state index in [1.165, 1.54) is 6.07 Å². The van der Waals surface area contributed by atoms with Crippen molar-refractivity contribution in [3.05, 3.63) is 29.3 Å². The number of carbonyl (C=O) groups excluding carboxylic acids is 1. The lowest BCUT2D eigenvalue weighted by atomic mass is 10.1. The quantitative estimate of drug-likeness (QED) is 0.275. The number of rotatable bonds is 4. The van der Waals surface area contributed by atoms with Crippen molar-refractivity contribution in [2.75, 3.05) is 6.54 Å². The monoisotopic (exact) mass is 251 g/mol.